The normalized spacial score (nSPS) is 16.9. The van der Waals surface area contributed by atoms with Crippen LogP contribution in [0.4, 0.5) is 11.9 Å². The lowest BCUT2D eigenvalue weighted by molar-refractivity contribution is 0.0940. The number of piperazine rings is 1. The Morgan fingerprint density at radius 3 is 2.66 bits per heavy atom. The maximum atomic E-state index is 12.2. The molecule has 4 heterocycles. The van der Waals surface area contributed by atoms with E-state index in [1.165, 1.54) is 11.3 Å². The maximum absolute atomic E-state index is 12.2. The first kappa shape index (κ1) is 19.7. The van der Waals surface area contributed by atoms with Crippen molar-refractivity contribution in [2.75, 3.05) is 50.9 Å². The van der Waals surface area contributed by atoms with Crippen molar-refractivity contribution >= 4 is 28.2 Å². The van der Waals surface area contributed by atoms with Crippen molar-refractivity contribution in [2.24, 2.45) is 0 Å². The molecule has 1 aliphatic rings. The molecule has 3 aromatic heterocycles. The molecule has 1 unspecified atom stereocenters. The van der Waals surface area contributed by atoms with E-state index < -0.39 is 0 Å². The van der Waals surface area contributed by atoms with Gasteiger partial charge >= 0.3 is 0 Å². The number of fused-ring (bicyclic) bond motifs is 1. The Kier molecular flexibility index (Phi) is 5.43. The molecular formula is C18H25N9OS. The van der Waals surface area contributed by atoms with Crippen LogP contribution >= 0.6 is 11.3 Å². The van der Waals surface area contributed by atoms with Crippen LogP contribution in [0.25, 0.3) is 4.96 Å². The maximum Gasteiger partial charge on any atom is 0.258 e. The second-order valence-corrected chi connectivity index (χ2v) is 8.25. The Morgan fingerprint density at radius 2 is 1.93 bits per heavy atom. The molecule has 1 aliphatic heterocycles. The molecule has 0 saturated carbocycles. The van der Waals surface area contributed by atoms with Crippen LogP contribution in [-0.4, -0.2) is 74.4 Å². The first-order valence-electron chi connectivity index (χ1n) is 9.51. The van der Waals surface area contributed by atoms with Gasteiger partial charge in [0.15, 0.2) is 10.8 Å². The van der Waals surface area contributed by atoms with E-state index in [9.17, 15) is 4.79 Å². The predicted octanol–water partition coefficient (Wildman–Crippen LogP) is 0.468. The summed E-state index contributed by atoms with van der Waals surface area (Å²) in [6.07, 6.45) is 1.76. The van der Waals surface area contributed by atoms with Gasteiger partial charge in [-0.05, 0) is 6.92 Å². The summed E-state index contributed by atoms with van der Waals surface area (Å²) in [5.41, 5.74) is 6.66. The van der Waals surface area contributed by atoms with E-state index >= 15 is 0 Å². The van der Waals surface area contributed by atoms with Crippen molar-refractivity contribution in [3.8, 4) is 0 Å². The molecule has 0 aliphatic carbocycles. The lowest BCUT2D eigenvalue weighted by Gasteiger charge is -2.37. The Bertz CT molecular complexity index is 1050. The van der Waals surface area contributed by atoms with Crippen molar-refractivity contribution < 1.29 is 0 Å². The third-order valence-corrected chi connectivity index (χ3v) is 5.88. The summed E-state index contributed by atoms with van der Waals surface area (Å²) >= 11 is 1.48. The number of hydrogen-bond donors (Lipinski definition) is 1. The molecule has 154 valence electrons. The van der Waals surface area contributed by atoms with Gasteiger partial charge in [-0.2, -0.15) is 15.0 Å². The Labute approximate surface area is 172 Å². The minimum Gasteiger partial charge on any atom is -0.368 e. The summed E-state index contributed by atoms with van der Waals surface area (Å²) in [5, 5.41) is 1.88. The molecule has 0 spiro atoms. The number of hydrogen-bond acceptors (Lipinski definition) is 10. The number of nitrogen functional groups attached to an aromatic ring is 1. The molecule has 1 saturated heterocycles. The molecule has 29 heavy (non-hydrogen) atoms. The summed E-state index contributed by atoms with van der Waals surface area (Å²) in [6.45, 7) is 6.30. The van der Waals surface area contributed by atoms with Gasteiger partial charge in [-0.15, -0.1) is 11.3 Å². The number of nitrogens with two attached hydrogens (primary N) is 1. The van der Waals surface area contributed by atoms with Crippen LogP contribution in [0.2, 0.25) is 0 Å². The van der Waals surface area contributed by atoms with Gasteiger partial charge in [-0.3, -0.25) is 19.0 Å². The molecule has 1 fully saturated rings. The summed E-state index contributed by atoms with van der Waals surface area (Å²) in [7, 11) is 3.77. The second-order valence-electron chi connectivity index (χ2n) is 7.38. The van der Waals surface area contributed by atoms with Gasteiger partial charge in [0.1, 0.15) is 0 Å². The number of anilines is 2. The zero-order valence-corrected chi connectivity index (χ0v) is 17.6. The van der Waals surface area contributed by atoms with Crippen LogP contribution in [0.1, 0.15) is 24.5 Å². The third-order valence-electron chi connectivity index (χ3n) is 5.13. The zero-order valence-electron chi connectivity index (χ0n) is 16.8. The summed E-state index contributed by atoms with van der Waals surface area (Å²) in [5.74, 6) is 1.50. The quantitative estimate of drug-likeness (QED) is 0.636. The standard InChI is InChI=1S/C18H25N9OS/c1-12(15-21-16(19)23-17(22-15)24(2)3)26-6-4-25(5-7-26)11-13-10-14(28)27-8-9-29-18(27)20-13/h8-10,12H,4-7,11H2,1-3H3,(H2,19,21,22,23). The summed E-state index contributed by atoms with van der Waals surface area (Å²) in [6, 6.07) is 1.68. The largest absolute Gasteiger partial charge is 0.368 e. The lowest BCUT2D eigenvalue weighted by Crippen LogP contribution is -2.47. The molecule has 1 atom stereocenters. The zero-order chi connectivity index (χ0) is 20.5. The monoisotopic (exact) mass is 415 g/mol. The Morgan fingerprint density at radius 1 is 1.17 bits per heavy atom. The fraction of sp³-hybridized carbons (Fsp3) is 0.500. The predicted molar refractivity (Wildman–Crippen MR) is 113 cm³/mol. The van der Waals surface area contributed by atoms with Gasteiger partial charge in [-0.25, -0.2) is 4.98 Å². The first-order valence-corrected chi connectivity index (χ1v) is 10.4. The minimum atomic E-state index is -0.0253. The minimum absolute atomic E-state index is 0.0253. The van der Waals surface area contributed by atoms with Gasteiger partial charge in [-0.1, -0.05) is 0 Å². The molecule has 0 aromatic carbocycles. The van der Waals surface area contributed by atoms with Gasteiger partial charge < -0.3 is 10.6 Å². The van der Waals surface area contributed by atoms with Crippen molar-refractivity contribution in [3.05, 3.63) is 39.5 Å². The highest BCUT2D eigenvalue weighted by Crippen LogP contribution is 2.21. The van der Waals surface area contributed by atoms with E-state index in [1.54, 1.807) is 16.7 Å². The average Bonchev–Trinajstić information content (AvgIpc) is 3.17. The van der Waals surface area contributed by atoms with E-state index in [4.69, 9.17) is 5.73 Å². The lowest BCUT2D eigenvalue weighted by atomic mass is 10.2. The fourth-order valence-corrected chi connectivity index (χ4v) is 4.19. The van der Waals surface area contributed by atoms with Crippen molar-refractivity contribution in [1.29, 1.82) is 0 Å². The van der Waals surface area contributed by atoms with Gasteiger partial charge in [0.05, 0.1) is 11.7 Å². The van der Waals surface area contributed by atoms with E-state index in [1.807, 2.05) is 24.4 Å². The smallest absolute Gasteiger partial charge is 0.258 e. The van der Waals surface area contributed by atoms with Crippen molar-refractivity contribution in [3.63, 3.8) is 0 Å². The van der Waals surface area contributed by atoms with Crippen LogP contribution in [-0.2, 0) is 6.54 Å². The topological polar surface area (TPSA) is 109 Å². The van der Waals surface area contributed by atoms with Gasteiger partial charge in [0.2, 0.25) is 11.9 Å². The third kappa shape index (κ3) is 4.21. The number of thiazole rings is 1. The molecule has 4 rings (SSSR count). The van der Waals surface area contributed by atoms with E-state index in [2.05, 4.69) is 36.7 Å². The molecule has 3 aromatic rings. The number of nitrogens with zero attached hydrogens (tertiary/aromatic N) is 8. The van der Waals surface area contributed by atoms with Gasteiger partial charge in [0, 0.05) is 64.5 Å². The highest BCUT2D eigenvalue weighted by Gasteiger charge is 2.25. The molecule has 0 amide bonds. The first-order chi connectivity index (χ1) is 13.9. The van der Waals surface area contributed by atoms with E-state index in [-0.39, 0.29) is 17.5 Å². The average molecular weight is 416 g/mol. The van der Waals surface area contributed by atoms with Crippen molar-refractivity contribution in [1.82, 2.24) is 34.1 Å². The van der Waals surface area contributed by atoms with Crippen LogP contribution in [0.3, 0.4) is 0 Å². The second kappa shape index (κ2) is 8.01. The Hall–Kier alpha value is -2.63. The van der Waals surface area contributed by atoms with Crippen LogP contribution in [0, 0.1) is 0 Å². The van der Waals surface area contributed by atoms with E-state index in [0.717, 1.165) is 36.8 Å². The summed E-state index contributed by atoms with van der Waals surface area (Å²) in [4.78, 5) is 37.1. The summed E-state index contributed by atoms with van der Waals surface area (Å²) < 4.78 is 1.58. The van der Waals surface area contributed by atoms with Crippen LogP contribution in [0.5, 0.6) is 0 Å². The van der Waals surface area contributed by atoms with Gasteiger partial charge in [0.25, 0.3) is 5.56 Å². The molecule has 0 bridgehead atoms. The number of aromatic nitrogens is 5. The van der Waals surface area contributed by atoms with Crippen LogP contribution < -0.4 is 16.2 Å². The van der Waals surface area contributed by atoms with E-state index in [0.29, 0.717) is 18.3 Å². The highest BCUT2D eigenvalue weighted by atomic mass is 32.1. The SMILES string of the molecule is CC(c1nc(N)nc(N(C)C)n1)N1CCN(Cc2cc(=O)n3ccsc3n2)CC1. The molecule has 2 N–H and O–H groups in total. The molecule has 0 radical (unpaired) electrons. The highest BCUT2D eigenvalue weighted by molar-refractivity contribution is 7.15. The van der Waals surface area contributed by atoms with Crippen LogP contribution in [0.15, 0.2) is 22.4 Å². The Balaban J connectivity index is 1.40. The molecular weight excluding hydrogens is 390 g/mol. The number of rotatable bonds is 5. The fourth-order valence-electron chi connectivity index (χ4n) is 3.45. The van der Waals surface area contributed by atoms with Crippen molar-refractivity contribution in [2.45, 2.75) is 19.5 Å². The molecule has 11 heteroatoms. The molecule has 10 nitrogen and oxygen atoms in total.